The second-order valence-electron chi connectivity index (χ2n) is 5.57. The predicted octanol–water partition coefficient (Wildman–Crippen LogP) is 2.67. The Labute approximate surface area is 129 Å². The number of carbonyl (C=O) groups is 2. The van der Waals surface area contributed by atoms with Gasteiger partial charge >= 0.3 is 12.0 Å². The fourth-order valence-electron chi connectivity index (χ4n) is 2.68. The number of piperidine rings is 1. The summed E-state index contributed by atoms with van der Waals surface area (Å²) in [7, 11) is 0. The number of likely N-dealkylation sites (tertiary alicyclic amines) is 1. The van der Waals surface area contributed by atoms with E-state index in [4.69, 9.17) is 5.11 Å². The summed E-state index contributed by atoms with van der Waals surface area (Å²) in [5, 5.41) is 11.7. The molecule has 0 bridgehead atoms. The summed E-state index contributed by atoms with van der Waals surface area (Å²) < 4.78 is 12.3. The SMILES string of the molecule is O=C(O)c1cccc(CNC(=O)N2CCC(CCF)CC2)c1. The first-order valence-corrected chi connectivity index (χ1v) is 7.51. The molecule has 1 heterocycles. The van der Waals surface area contributed by atoms with E-state index < -0.39 is 5.97 Å². The number of hydrogen-bond acceptors (Lipinski definition) is 2. The van der Waals surface area contributed by atoms with E-state index in [0.29, 0.717) is 32.0 Å². The second kappa shape index (κ2) is 7.77. The Bertz CT molecular complexity index is 528. The van der Waals surface area contributed by atoms with E-state index in [9.17, 15) is 14.0 Å². The number of rotatable bonds is 5. The lowest BCUT2D eigenvalue weighted by Crippen LogP contribution is -2.44. The Balaban J connectivity index is 1.81. The molecule has 1 aromatic carbocycles. The maximum Gasteiger partial charge on any atom is 0.335 e. The third-order valence-corrected chi connectivity index (χ3v) is 4.04. The van der Waals surface area contributed by atoms with E-state index in [-0.39, 0.29) is 18.3 Å². The minimum Gasteiger partial charge on any atom is -0.478 e. The van der Waals surface area contributed by atoms with Gasteiger partial charge in [-0.1, -0.05) is 12.1 Å². The summed E-state index contributed by atoms with van der Waals surface area (Å²) in [5.41, 5.74) is 0.958. The summed E-state index contributed by atoms with van der Waals surface area (Å²) in [6.45, 7) is 1.29. The normalized spacial score (nSPS) is 15.6. The van der Waals surface area contributed by atoms with Crippen LogP contribution >= 0.6 is 0 Å². The number of halogens is 1. The highest BCUT2D eigenvalue weighted by Gasteiger charge is 2.22. The first-order chi connectivity index (χ1) is 10.6. The number of carboxylic acids is 1. The van der Waals surface area contributed by atoms with Crippen LogP contribution in [0.4, 0.5) is 9.18 Å². The Kier molecular flexibility index (Phi) is 5.75. The van der Waals surface area contributed by atoms with Gasteiger partial charge in [-0.3, -0.25) is 4.39 Å². The lowest BCUT2D eigenvalue weighted by atomic mass is 9.94. The van der Waals surface area contributed by atoms with Gasteiger partial charge in [-0.05, 0) is 42.9 Å². The van der Waals surface area contributed by atoms with Gasteiger partial charge in [-0.2, -0.15) is 0 Å². The summed E-state index contributed by atoms with van der Waals surface area (Å²) in [5.74, 6) is -0.607. The van der Waals surface area contributed by atoms with Crippen LogP contribution in [0.5, 0.6) is 0 Å². The summed E-state index contributed by atoms with van der Waals surface area (Å²) in [4.78, 5) is 24.7. The van der Waals surface area contributed by atoms with Crippen LogP contribution < -0.4 is 5.32 Å². The second-order valence-corrected chi connectivity index (χ2v) is 5.57. The number of benzene rings is 1. The first kappa shape index (κ1) is 16.3. The monoisotopic (exact) mass is 308 g/mol. The van der Waals surface area contributed by atoms with Crippen LogP contribution in [0.1, 0.15) is 35.2 Å². The quantitative estimate of drug-likeness (QED) is 0.878. The van der Waals surface area contributed by atoms with Crippen molar-refractivity contribution in [1.29, 1.82) is 0 Å². The molecule has 0 atom stereocenters. The van der Waals surface area contributed by atoms with Gasteiger partial charge in [0.1, 0.15) is 0 Å². The van der Waals surface area contributed by atoms with E-state index in [1.165, 1.54) is 6.07 Å². The number of carbonyl (C=O) groups excluding carboxylic acids is 1. The zero-order chi connectivity index (χ0) is 15.9. The number of carboxylic acid groups (broad SMARTS) is 1. The van der Waals surface area contributed by atoms with Gasteiger partial charge in [0.25, 0.3) is 0 Å². The van der Waals surface area contributed by atoms with E-state index in [1.54, 1.807) is 23.1 Å². The lowest BCUT2D eigenvalue weighted by Gasteiger charge is -2.31. The minimum atomic E-state index is -0.983. The molecule has 6 heteroatoms. The fourth-order valence-corrected chi connectivity index (χ4v) is 2.68. The van der Waals surface area contributed by atoms with Crippen molar-refractivity contribution < 1.29 is 19.1 Å². The van der Waals surface area contributed by atoms with E-state index in [0.717, 1.165) is 18.4 Å². The van der Waals surface area contributed by atoms with Crippen LogP contribution in [0.2, 0.25) is 0 Å². The van der Waals surface area contributed by atoms with Crippen LogP contribution in [0.15, 0.2) is 24.3 Å². The Morgan fingerprint density at radius 2 is 2.05 bits per heavy atom. The van der Waals surface area contributed by atoms with E-state index in [1.807, 2.05) is 0 Å². The van der Waals surface area contributed by atoms with Crippen LogP contribution in [0.25, 0.3) is 0 Å². The molecule has 2 rings (SSSR count). The topological polar surface area (TPSA) is 69.6 Å². The molecule has 0 radical (unpaired) electrons. The van der Waals surface area contributed by atoms with Crippen molar-refractivity contribution in [2.75, 3.05) is 19.8 Å². The highest BCUT2D eigenvalue weighted by atomic mass is 19.1. The van der Waals surface area contributed by atoms with Crippen molar-refractivity contribution in [2.24, 2.45) is 5.92 Å². The van der Waals surface area contributed by atoms with E-state index in [2.05, 4.69) is 5.32 Å². The lowest BCUT2D eigenvalue weighted by molar-refractivity contribution is 0.0696. The van der Waals surface area contributed by atoms with Crippen molar-refractivity contribution in [3.8, 4) is 0 Å². The molecular formula is C16H21FN2O3. The van der Waals surface area contributed by atoms with E-state index >= 15 is 0 Å². The van der Waals surface area contributed by atoms with Crippen LogP contribution in [-0.2, 0) is 6.54 Å². The molecule has 1 fully saturated rings. The average molecular weight is 308 g/mol. The van der Waals surface area contributed by atoms with Crippen molar-refractivity contribution in [2.45, 2.75) is 25.8 Å². The van der Waals surface area contributed by atoms with Crippen LogP contribution in [0.3, 0.4) is 0 Å². The van der Waals surface area contributed by atoms with Gasteiger partial charge in [0.15, 0.2) is 0 Å². The molecular weight excluding hydrogens is 287 g/mol. The molecule has 22 heavy (non-hydrogen) atoms. The maximum absolute atomic E-state index is 12.3. The number of nitrogens with zero attached hydrogens (tertiary/aromatic N) is 1. The molecule has 2 N–H and O–H groups in total. The number of nitrogens with one attached hydrogen (secondary N) is 1. The molecule has 0 aromatic heterocycles. The van der Waals surface area contributed by atoms with Gasteiger partial charge in [-0.15, -0.1) is 0 Å². The highest BCUT2D eigenvalue weighted by molar-refractivity contribution is 5.87. The average Bonchev–Trinajstić information content (AvgIpc) is 2.54. The van der Waals surface area contributed by atoms with Crippen molar-refractivity contribution in [3.63, 3.8) is 0 Å². The van der Waals surface area contributed by atoms with Crippen LogP contribution in [-0.4, -0.2) is 41.8 Å². The zero-order valence-corrected chi connectivity index (χ0v) is 12.4. The summed E-state index contributed by atoms with van der Waals surface area (Å²) in [6.07, 6.45) is 2.26. The Morgan fingerprint density at radius 3 is 2.68 bits per heavy atom. The number of alkyl halides is 1. The van der Waals surface area contributed by atoms with Gasteiger partial charge in [0.05, 0.1) is 12.2 Å². The minimum absolute atomic E-state index is 0.153. The van der Waals surface area contributed by atoms with Gasteiger partial charge in [0, 0.05) is 19.6 Å². The molecule has 0 spiro atoms. The molecule has 120 valence electrons. The molecule has 2 amide bonds. The number of urea groups is 1. The van der Waals surface area contributed by atoms with Gasteiger partial charge in [-0.25, -0.2) is 9.59 Å². The molecule has 0 saturated carbocycles. The Hall–Kier alpha value is -2.11. The third kappa shape index (κ3) is 4.44. The largest absolute Gasteiger partial charge is 0.478 e. The fraction of sp³-hybridized carbons (Fsp3) is 0.500. The Morgan fingerprint density at radius 1 is 1.32 bits per heavy atom. The van der Waals surface area contributed by atoms with Gasteiger partial charge < -0.3 is 15.3 Å². The molecule has 0 unspecified atom stereocenters. The maximum atomic E-state index is 12.3. The number of hydrogen-bond donors (Lipinski definition) is 2. The van der Waals surface area contributed by atoms with Crippen molar-refractivity contribution in [1.82, 2.24) is 10.2 Å². The molecule has 0 aliphatic carbocycles. The predicted molar refractivity (Wildman–Crippen MR) is 80.5 cm³/mol. The molecule has 1 aliphatic heterocycles. The molecule has 1 saturated heterocycles. The van der Waals surface area contributed by atoms with Crippen molar-refractivity contribution in [3.05, 3.63) is 35.4 Å². The smallest absolute Gasteiger partial charge is 0.335 e. The molecule has 5 nitrogen and oxygen atoms in total. The summed E-state index contributed by atoms with van der Waals surface area (Å²) >= 11 is 0. The third-order valence-electron chi connectivity index (χ3n) is 4.04. The van der Waals surface area contributed by atoms with Crippen molar-refractivity contribution >= 4 is 12.0 Å². The first-order valence-electron chi connectivity index (χ1n) is 7.51. The van der Waals surface area contributed by atoms with Crippen LogP contribution in [0, 0.1) is 5.92 Å². The molecule has 1 aliphatic rings. The van der Waals surface area contributed by atoms with Gasteiger partial charge in [0.2, 0.25) is 0 Å². The summed E-state index contributed by atoms with van der Waals surface area (Å²) in [6, 6.07) is 6.35. The number of aromatic carboxylic acids is 1. The number of amides is 2. The highest BCUT2D eigenvalue weighted by Crippen LogP contribution is 2.20. The standard InChI is InChI=1S/C16H21FN2O3/c17-7-4-12-5-8-19(9-6-12)16(22)18-11-13-2-1-3-14(10-13)15(20)21/h1-3,10,12H,4-9,11H2,(H,18,22)(H,20,21). The zero-order valence-electron chi connectivity index (χ0n) is 12.4. The molecule has 1 aromatic rings.